The average Bonchev–Trinajstić information content (AvgIpc) is 3.04. The number of halogens is 2. The van der Waals surface area contributed by atoms with Crippen molar-refractivity contribution in [1.82, 2.24) is 14.9 Å². The summed E-state index contributed by atoms with van der Waals surface area (Å²) in [5.41, 5.74) is 1.65. The highest BCUT2D eigenvalue weighted by Gasteiger charge is 2.33. The number of benzene rings is 2. The van der Waals surface area contributed by atoms with Crippen LogP contribution in [0, 0.1) is 23.0 Å². The highest BCUT2D eigenvalue weighted by atomic mass is 19.1. The first-order valence-electron chi connectivity index (χ1n) is 8.98. The molecule has 2 aromatic carbocycles. The molecule has 0 fully saturated rings. The van der Waals surface area contributed by atoms with Gasteiger partial charge in [-0.15, -0.1) is 0 Å². The smallest absolute Gasteiger partial charge is 0.141 e. The molecule has 5 nitrogen and oxygen atoms in total. The van der Waals surface area contributed by atoms with E-state index in [-0.39, 0.29) is 16.9 Å². The Hall–Kier alpha value is -3.24. The third-order valence-corrected chi connectivity index (χ3v) is 4.90. The third-order valence-electron chi connectivity index (χ3n) is 4.90. The van der Waals surface area contributed by atoms with Crippen LogP contribution in [0.25, 0.3) is 11.3 Å². The first-order chi connectivity index (χ1) is 13.4. The molecule has 28 heavy (non-hydrogen) atoms. The van der Waals surface area contributed by atoms with Gasteiger partial charge in [-0.25, -0.2) is 13.8 Å². The van der Waals surface area contributed by atoms with Crippen LogP contribution in [0.3, 0.4) is 0 Å². The number of aromatic nitrogens is 2. The largest absolute Gasteiger partial charge is 0.340 e. The molecule has 0 saturated carbocycles. The van der Waals surface area contributed by atoms with Gasteiger partial charge in [0.15, 0.2) is 0 Å². The van der Waals surface area contributed by atoms with Crippen molar-refractivity contribution in [1.29, 1.82) is 5.26 Å². The fraction of sp³-hybridized carbons (Fsp3) is 0.238. The lowest BCUT2D eigenvalue weighted by molar-refractivity contribution is 0.317. The fourth-order valence-corrected chi connectivity index (χ4v) is 3.47. The van der Waals surface area contributed by atoms with Crippen molar-refractivity contribution in [3.63, 3.8) is 0 Å². The molecule has 4 rings (SSSR count). The molecule has 0 aliphatic carbocycles. The number of imidazole rings is 1. The minimum absolute atomic E-state index is 0.0336. The number of fused-ring (bicyclic) bond motifs is 1. The van der Waals surface area contributed by atoms with E-state index in [1.807, 2.05) is 6.07 Å². The Balaban J connectivity index is 1.86. The minimum Gasteiger partial charge on any atom is -0.340 e. The maximum Gasteiger partial charge on any atom is 0.141 e. The first-order valence-corrected chi connectivity index (χ1v) is 8.98. The van der Waals surface area contributed by atoms with E-state index < -0.39 is 5.82 Å². The Labute approximate surface area is 161 Å². The van der Waals surface area contributed by atoms with E-state index in [1.165, 1.54) is 24.3 Å². The predicted octanol–water partition coefficient (Wildman–Crippen LogP) is 4.28. The van der Waals surface area contributed by atoms with Crippen LogP contribution >= 0.6 is 0 Å². The number of anilines is 2. The molecule has 1 aliphatic rings. The van der Waals surface area contributed by atoms with Crippen molar-refractivity contribution < 1.29 is 8.78 Å². The molecule has 7 heteroatoms. The van der Waals surface area contributed by atoms with Crippen LogP contribution in [0.4, 0.5) is 20.3 Å². The summed E-state index contributed by atoms with van der Waals surface area (Å²) in [6, 6.07) is 12.3. The summed E-state index contributed by atoms with van der Waals surface area (Å²) >= 11 is 0. The Bertz CT molecular complexity index is 1080. The van der Waals surface area contributed by atoms with E-state index in [0.29, 0.717) is 17.9 Å². The van der Waals surface area contributed by atoms with E-state index in [0.717, 1.165) is 23.8 Å². The zero-order chi connectivity index (χ0) is 19.9. The standard InChI is InChI=1S/C21H19F2N5/c1-21(2)20-27-18(13-3-5-15(22)6-4-13)19(28(20)10-9-25-21)26-16-7-8-17(23)14(11-16)12-24/h3-8,11,25-26H,9-10H2,1-2H3. The topological polar surface area (TPSA) is 65.7 Å². The van der Waals surface area contributed by atoms with Gasteiger partial charge in [0.25, 0.3) is 0 Å². The molecule has 0 saturated heterocycles. The third kappa shape index (κ3) is 3.12. The number of nitrogens with one attached hydrogen (secondary N) is 2. The lowest BCUT2D eigenvalue weighted by Gasteiger charge is -2.32. The average molecular weight is 379 g/mol. The molecule has 142 valence electrons. The second-order valence-electron chi connectivity index (χ2n) is 7.27. The second-order valence-corrected chi connectivity index (χ2v) is 7.27. The van der Waals surface area contributed by atoms with Crippen molar-refractivity contribution in [2.75, 3.05) is 11.9 Å². The van der Waals surface area contributed by atoms with Crippen molar-refractivity contribution in [3.8, 4) is 17.3 Å². The van der Waals surface area contributed by atoms with Crippen LogP contribution in [-0.4, -0.2) is 16.1 Å². The summed E-state index contributed by atoms with van der Waals surface area (Å²) < 4.78 is 29.2. The van der Waals surface area contributed by atoms with E-state index >= 15 is 0 Å². The fourth-order valence-electron chi connectivity index (χ4n) is 3.47. The second kappa shape index (κ2) is 6.73. The normalized spacial score (nSPS) is 15.0. The molecule has 0 unspecified atom stereocenters. The van der Waals surface area contributed by atoms with Crippen LogP contribution < -0.4 is 10.6 Å². The maximum atomic E-state index is 13.7. The molecular weight excluding hydrogens is 360 g/mol. The Morgan fingerprint density at radius 3 is 2.64 bits per heavy atom. The molecule has 0 spiro atoms. The number of nitriles is 1. The SMILES string of the molecule is CC1(C)NCCn2c1nc(-c1ccc(F)cc1)c2Nc1ccc(F)c(C#N)c1. The molecule has 0 amide bonds. The molecule has 0 radical (unpaired) electrons. The molecule has 0 bridgehead atoms. The monoisotopic (exact) mass is 379 g/mol. The number of hydrogen-bond donors (Lipinski definition) is 2. The van der Waals surface area contributed by atoms with Crippen molar-refractivity contribution in [2.24, 2.45) is 0 Å². The highest BCUT2D eigenvalue weighted by molar-refractivity contribution is 5.77. The van der Waals surface area contributed by atoms with Crippen molar-refractivity contribution in [3.05, 3.63) is 65.5 Å². The van der Waals surface area contributed by atoms with Gasteiger partial charge in [0.2, 0.25) is 0 Å². The van der Waals surface area contributed by atoms with Crippen LogP contribution in [0.15, 0.2) is 42.5 Å². The zero-order valence-electron chi connectivity index (χ0n) is 15.6. The lowest BCUT2D eigenvalue weighted by atomic mass is 10.0. The summed E-state index contributed by atoms with van der Waals surface area (Å²) in [5.74, 6) is 0.698. The van der Waals surface area contributed by atoms with Gasteiger partial charge in [-0.05, 0) is 56.3 Å². The van der Waals surface area contributed by atoms with Gasteiger partial charge in [-0.1, -0.05) is 0 Å². The first kappa shape index (κ1) is 18.1. The van der Waals surface area contributed by atoms with Crippen molar-refractivity contribution in [2.45, 2.75) is 25.9 Å². The van der Waals surface area contributed by atoms with E-state index in [4.69, 9.17) is 10.2 Å². The minimum atomic E-state index is -0.563. The van der Waals surface area contributed by atoms with Gasteiger partial charge in [-0.3, -0.25) is 0 Å². The summed E-state index contributed by atoms with van der Waals surface area (Å²) in [5, 5.41) is 15.8. The maximum absolute atomic E-state index is 13.7. The number of hydrogen-bond acceptors (Lipinski definition) is 4. The number of nitrogens with zero attached hydrogens (tertiary/aromatic N) is 3. The Morgan fingerprint density at radius 2 is 1.93 bits per heavy atom. The Kier molecular flexibility index (Phi) is 4.36. The summed E-state index contributed by atoms with van der Waals surface area (Å²) in [7, 11) is 0. The summed E-state index contributed by atoms with van der Waals surface area (Å²) in [6.45, 7) is 5.56. The zero-order valence-corrected chi connectivity index (χ0v) is 15.6. The van der Waals surface area contributed by atoms with Gasteiger partial charge < -0.3 is 15.2 Å². The molecule has 3 aromatic rings. The van der Waals surface area contributed by atoms with E-state index in [2.05, 4.69) is 29.0 Å². The molecular formula is C21H19F2N5. The molecule has 1 aliphatic heterocycles. The molecule has 1 aromatic heterocycles. The predicted molar refractivity (Wildman–Crippen MR) is 103 cm³/mol. The quantitative estimate of drug-likeness (QED) is 0.713. The van der Waals surface area contributed by atoms with Crippen LogP contribution in [0.5, 0.6) is 0 Å². The van der Waals surface area contributed by atoms with E-state index in [1.54, 1.807) is 18.2 Å². The molecule has 2 heterocycles. The van der Waals surface area contributed by atoms with Crippen LogP contribution in [0.2, 0.25) is 0 Å². The number of rotatable bonds is 3. The highest BCUT2D eigenvalue weighted by Crippen LogP contribution is 2.36. The lowest BCUT2D eigenvalue weighted by Crippen LogP contribution is -2.45. The van der Waals surface area contributed by atoms with Gasteiger partial charge in [-0.2, -0.15) is 5.26 Å². The van der Waals surface area contributed by atoms with Crippen LogP contribution in [-0.2, 0) is 12.1 Å². The van der Waals surface area contributed by atoms with Gasteiger partial charge in [0.05, 0.1) is 11.1 Å². The summed E-state index contributed by atoms with van der Waals surface area (Å²) in [6.07, 6.45) is 0. The molecule has 2 N–H and O–H groups in total. The summed E-state index contributed by atoms with van der Waals surface area (Å²) in [4.78, 5) is 4.84. The molecule has 0 atom stereocenters. The van der Waals surface area contributed by atoms with Crippen LogP contribution in [0.1, 0.15) is 25.2 Å². The Morgan fingerprint density at radius 1 is 1.18 bits per heavy atom. The van der Waals surface area contributed by atoms with Gasteiger partial charge in [0.1, 0.15) is 35.0 Å². The van der Waals surface area contributed by atoms with Gasteiger partial charge >= 0.3 is 0 Å². The van der Waals surface area contributed by atoms with Gasteiger partial charge in [0, 0.05) is 24.3 Å². The van der Waals surface area contributed by atoms with Crippen molar-refractivity contribution >= 4 is 11.5 Å². The van der Waals surface area contributed by atoms with E-state index in [9.17, 15) is 8.78 Å².